The van der Waals surface area contributed by atoms with Gasteiger partial charge in [-0.3, -0.25) is 8.75 Å². The first-order valence-electron chi connectivity index (χ1n) is 3.05. The predicted octanol–water partition coefficient (Wildman–Crippen LogP) is 0.856. The summed E-state index contributed by atoms with van der Waals surface area (Å²) >= 11 is 1.54. The van der Waals surface area contributed by atoms with E-state index in [9.17, 15) is 4.79 Å². The van der Waals surface area contributed by atoms with Crippen molar-refractivity contribution in [2.24, 2.45) is 0 Å². The van der Waals surface area contributed by atoms with E-state index in [1.54, 1.807) is 11.5 Å². The molecule has 1 aromatic rings. The van der Waals surface area contributed by atoms with Crippen LogP contribution in [0, 0.1) is 0 Å². The molecule has 0 aliphatic carbocycles. The molecule has 0 N–H and O–H groups in total. The van der Waals surface area contributed by atoms with E-state index in [4.69, 9.17) is 0 Å². The standard InChI is InChI=1S/C6H7NOS/c8-6-5-2-1-3-7(6)9-4-5/h4H,1-3H2. The van der Waals surface area contributed by atoms with Crippen molar-refractivity contribution in [1.82, 2.24) is 3.96 Å². The van der Waals surface area contributed by atoms with Gasteiger partial charge in [-0.1, -0.05) is 11.5 Å². The SMILES string of the molecule is O=c1c2csn1CCC2. The molecule has 2 bridgehead atoms. The highest BCUT2D eigenvalue weighted by Crippen LogP contribution is 2.10. The molecule has 0 aromatic carbocycles. The molecule has 1 aromatic heterocycles. The summed E-state index contributed by atoms with van der Waals surface area (Å²) in [6, 6.07) is 0. The summed E-state index contributed by atoms with van der Waals surface area (Å²) < 4.78 is 1.82. The monoisotopic (exact) mass is 141 g/mol. The van der Waals surface area contributed by atoms with Gasteiger partial charge in [0.1, 0.15) is 0 Å². The number of nitrogens with zero attached hydrogens (tertiary/aromatic N) is 1. The number of rotatable bonds is 0. The van der Waals surface area contributed by atoms with Gasteiger partial charge in [0.2, 0.25) is 0 Å². The zero-order valence-corrected chi connectivity index (χ0v) is 5.78. The lowest BCUT2D eigenvalue weighted by atomic mass is 10.2. The average Bonchev–Trinajstić information content (AvgIpc) is 2.19. The molecule has 0 saturated carbocycles. The van der Waals surface area contributed by atoms with E-state index in [2.05, 4.69) is 0 Å². The van der Waals surface area contributed by atoms with Crippen molar-refractivity contribution in [1.29, 1.82) is 0 Å². The molecule has 2 rings (SSSR count). The van der Waals surface area contributed by atoms with Crippen LogP contribution in [0.1, 0.15) is 12.0 Å². The first kappa shape index (κ1) is 5.23. The normalized spacial score (nSPS) is 16.0. The largest absolute Gasteiger partial charge is 0.268 e. The zero-order chi connectivity index (χ0) is 6.27. The summed E-state index contributed by atoms with van der Waals surface area (Å²) in [5.41, 5.74) is 1.25. The third-order valence-electron chi connectivity index (χ3n) is 1.63. The summed E-state index contributed by atoms with van der Waals surface area (Å²) in [7, 11) is 0. The Balaban J connectivity index is 2.73. The molecule has 0 unspecified atom stereocenters. The zero-order valence-electron chi connectivity index (χ0n) is 4.96. The van der Waals surface area contributed by atoms with Gasteiger partial charge in [0, 0.05) is 17.5 Å². The van der Waals surface area contributed by atoms with E-state index < -0.39 is 0 Å². The maximum Gasteiger partial charge on any atom is 0.263 e. The van der Waals surface area contributed by atoms with Crippen molar-refractivity contribution in [3.05, 3.63) is 21.3 Å². The summed E-state index contributed by atoms with van der Waals surface area (Å²) in [6.45, 7) is 0.934. The molecule has 0 fully saturated rings. The van der Waals surface area contributed by atoms with Gasteiger partial charge in [-0.15, -0.1) is 0 Å². The molecule has 1 aliphatic heterocycles. The van der Waals surface area contributed by atoms with Crippen molar-refractivity contribution in [3.8, 4) is 0 Å². The molecule has 2 heterocycles. The molecule has 0 radical (unpaired) electrons. The molecule has 1 aliphatic rings. The fourth-order valence-electron chi connectivity index (χ4n) is 1.12. The quantitative estimate of drug-likeness (QED) is 0.525. The molecule has 0 saturated heterocycles. The molecule has 0 spiro atoms. The summed E-state index contributed by atoms with van der Waals surface area (Å²) in [5.74, 6) is 0. The summed E-state index contributed by atoms with van der Waals surface area (Å²) in [6.07, 6.45) is 2.13. The fraction of sp³-hybridized carbons (Fsp3) is 0.500. The minimum atomic E-state index is 0.242. The second-order valence-corrected chi connectivity index (χ2v) is 3.15. The molecule has 2 nitrogen and oxygen atoms in total. The lowest BCUT2D eigenvalue weighted by Crippen LogP contribution is -2.21. The van der Waals surface area contributed by atoms with Gasteiger partial charge in [0.05, 0.1) is 0 Å². The molecular weight excluding hydrogens is 134 g/mol. The number of hydrogen-bond donors (Lipinski definition) is 0. The van der Waals surface area contributed by atoms with Gasteiger partial charge in [-0.25, -0.2) is 0 Å². The summed E-state index contributed by atoms with van der Waals surface area (Å²) in [4.78, 5) is 11.0. The van der Waals surface area contributed by atoms with Crippen molar-refractivity contribution >= 4 is 11.5 Å². The van der Waals surface area contributed by atoms with Gasteiger partial charge >= 0.3 is 0 Å². The van der Waals surface area contributed by atoms with Crippen LogP contribution in [-0.4, -0.2) is 3.96 Å². The van der Waals surface area contributed by atoms with E-state index in [0.717, 1.165) is 24.9 Å². The van der Waals surface area contributed by atoms with E-state index in [1.807, 2.05) is 9.34 Å². The molecule has 0 atom stereocenters. The molecule has 48 valence electrons. The van der Waals surface area contributed by atoms with Crippen molar-refractivity contribution < 1.29 is 0 Å². The third kappa shape index (κ3) is 0.645. The first-order chi connectivity index (χ1) is 4.38. The Morgan fingerprint density at radius 2 is 2.56 bits per heavy atom. The maximum absolute atomic E-state index is 11.0. The molecular formula is C6H7NOS. The number of aryl methyl sites for hydroxylation is 2. The van der Waals surface area contributed by atoms with Gasteiger partial charge in [-0.2, -0.15) is 0 Å². The van der Waals surface area contributed by atoms with Crippen LogP contribution >= 0.6 is 11.5 Å². The third-order valence-corrected chi connectivity index (χ3v) is 2.62. The van der Waals surface area contributed by atoms with E-state index in [1.165, 1.54) is 0 Å². The van der Waals surface area contributed by atoms with Crippen LogP contribution in [0.15, 0.2) is 10.2 Å². The maximum atomic E-state index is 11.0. The summed E-state index contributed by atoms with van der Waals surface area (Å²) in [5, 5.41) is 1.97. The Kier molecular flexibility index (Phi) is 0.990. The van der Waals surface area contributed by atoms with Crippen molar-refractivity contribution in [3.63, 3.8) is 0 Å². The average molecular weight is 141 g/mol. The van der Waals surface area contributed by atoms with Crippen LogP contribution in [0.4, 0.5) is 0 Å². The Hall–Kier alpha value is -0.570. The molecule has 9 heavy (non-hydrogen) atoms. The van der Waals surface area contributed by atoms with Crippen molar-refractivity contribution in [2.75, 3.05) is 0 Å². The van der Waals surface area contributed by atoms with Crippen LogP contribution in [0.5, 0.6) is 0 Å². The molecule has 0 amide bonds. The van der Waals surface area contributed by atoms with Crippen LogP contribution in [0.2, 0.25) is 0 Å². The number of hydrogen-bond acceptors (Lipinski definition) is 2. The first-order valence-corrected chi connectivity index (χ1v) is 3.89. The highest BCUT2D eigenvalue weighted by atomic mass is 32.1. The molecule has 3 heteroatoms. The van der Waals surface area contributed by atoms with Gasteiger partial charge in [-0.05, 0) is 12.8 Å². The van der Waals surface area contributed by atoms with Crippen LogP contribution in [-0.2, 0) is 13.0 Å². The second-order valence-electron chi connectivity index (χ2n) is 2.26. The Labute approximate surface area is 56.9 Å². The van der Waals surface area contributed by atoms with Crippen LogP contribution in [0.3, 0.4) is 0 Å². The fourth-order valence-corrected chi connectivity index (χ4v) is 2.04. The van der Waals surface area contributed by atoms with Gasteiger partial charge < -0.3 is 0 Å². The topological polar surface area (TPSA) is 22.0 Å². The van der Waals surface area contributed by atoms with Crippen LogP contribution in [0.25, 0.3) is 0 Å². The number of fused-ring (bicyclic) bond motifs is 2. The highest BCUT2D eigenvalue weighted by molar-refractivity contribution is 7.04. The minimum absolute atomic E-state index is 0.242. The Bertz CT molecular complexity index is 248. The lowest BCUT2D eigenvalue weighted by Gasteiger charge is -2.02. The van der Waals surface area contributed by atoms with Gasteiger partial charge in [0.15, 0.2) is 0 Å². The highest BCUT2D eigenvalue weighted by Gasteiger charge is 2.10. The Morgan fingerprint density at radius 3 is 3.22 bits per heavy atom. The predicted molar refractivity (Wildman–Crippen MR) is 36.9 cm³/mol. The van der Waals surface area contributed by atoms with E-state index in [0.29, 0.717) is 0 Å². The smallest absolute Gasteiger partial charge is 0.263 e. The van der Waals surface area contributed by atoms with E-state index in [-0.39, 0.29) is 5.56 Å². The van der Waals surface area contributed by atoms with Crippen molar-refractivity contribution in [2.45, 2.75) is 19.4 Å². The lowest BCUT2D eigenvalue weighted by molar-refractivity contribution is 0.631. The minimum Gasteiger partial charge on any atom is -0.268 e. The second kappa shape index (κ2) is 1.70. The van der Waals surface area contributed by atoms with Crippen LogP contribution < -0.4 is 5.56 Å². The Morgan fingerprint density at radius 1 is 1.67 bits per heavy atom. The number of aromatic nitrogens is 1. The van der Waals surface area contributed by atoms with Gasteiger partial charge in [0.25, 0.3) is 5.56 Å². The van der Waals surface area contributed by atoms with E-state index >= 15 is 0 Å².